The van der Waals surface area contributed by atoms with Crippen LogP contribution in [0.1, 0.15) is 6.92 Å². The summed E-state index contributed by atoms with van der Waals surface area (Å²) in [6, 6.07) is 3.98. The van der Waals surface area contributed by atoms with Crippen LogP contribution in [0, 0.1) is 5.82 Å². The number of aromatic nitrogens is 2. The summed E-state index contributed by atoms with van der Waals surface area (Å²) in [5, 5.41) is 0.573. The quantitative estimate of drug-likeness (QED) is 0.794. The van der Waals surface area contributed by atoms with E-state index in [1.54, 1.807) is 13.0 Å². The van der Waals surface area contributed by atoms with Gasteiger partial charge in [-0.25, -0.2) is 14.4 Å². The highest BCUT2D eigenvalue weighted by Crippen LogP contribution is 2.27. The Hall–Kier alpha value is -1.96. The molecular weight excluding hydrogens is 312 g/mol. The summed E-state index contributed by atoms with van der Waals surface area (Å²) in [5.41, 5.74) is 0.613. The van der Waals surface area contributed by atoms with E-state index in [2.05, 4.69) is 9.97 Å². The SMILES string of the molecule is CC1CN(c2ncnc3ccc(F)cc23)CCN1CC(F)(F)F. The fourth-order valence-corrected chi connectivity index (χ4v) is 2.92. The first-order chi connectivity index (χ1) is 10.8. The van der Waals surface area contributed by atoms with E-state index in [0.29, 0.717) is 29.8 Å². The van der Waals surface area contributed by atoms with Crippen LogP contribution in [0.25, 0.3) is 10.9 Å². The van der Waals surface area contributed by atoms with Gasteiger partial charge in [-0.15, -0.1) is 0 Å². The number of hydrogen-bond donors (Lipinski definition) is 0. The molecule has 8 heteroatoms. The Kier molecular flexibility index (Phi) is 4.09. The molecule has 3 rings (SSSR count). The van der Waals surface area contributed by atoms with Crippen LogP contribution in [0.2, 0.25) is 0 Å². The molecule has 0 aliphatic carbocycles. The van der Waals surface area contributed by atoms with Crippen molar-refractivity contribution in [1.82, 2.24) is 14.9 Å². The molecule has 0 radical (unpaired) electrons. The summed E-state index contributed by atoms with van der Waals surface area (Å²) < 4.78 is 51.2. The molecule has 1 aliphatic heterocycles. The molecule has 1 aromatic carbocycles. The lowest BCUT2D eigenvalue weighted by Crippen LogP contribution is -2.54. The zero-order valence-electron chi connectivity index (χ0n) is 12.5. The van der Waals surface area contributed by atoms with Crippen LogP contribution in [-0.4, -0.2) is 53.3 Å². The second kappa shape index (κ2) is 5.92. The molecule has 2 aromatic rings. The second-order valence-electron chi connectivity index (χ2n) is 5.74. The van der Waals surface area contributed by atoms with E-state index in [1.165, 1.54) is 23.4 Å². The number of fused-ring (bicyclic) bond motifs is 1. The summed E-state index contributed by atoms with van der Waals surface area (Å²) in [5.74, 6) is 0.172. The predicted molar refractivity (Wildman–Crippen MR) is 78.8 cm³/mol. The summed E-state index contributed by atoms with van der Waals surface area (Å²) >= 11 is 0. The van der Waals surface area contributed by atoms with Crippen LogP contribution in [-0.2, 0) is 0 Å². The van der Waals surface area contributed by atoms with E-state index in [4.69, 9.17) is 0 Å². The summed E-state index contributed by atoms with van der Waals surface area (Å²) in [6.45, 7) is 1.92. The van der Waals surface area contributed by atoms with E-state index < -0.39 is 18.5 Å². The average Bonchev–Trinajstić information content (AvgIpc) is 2.47. The molecule has 1 aliphatic rings. The molecule has 1 fully saturated rings. The first kappa shape index (κ1) is 15.9. The topological polar surface area (TPSA) is 32.3 Å². The Balaban J connectivity index is 1.83. The predicted octanol–water partition coefficient (Wildman–Crippen LogP) is 2.84. The van der Waals surface area contributed by atoms with Crippen LogP contribution in [0.15, 0.2) is 24.5 Å². The van der Waals surface area contributed by atoms with E-state index in [-0.39, 0.29) is 12.6 Å². The zero-order chi connectivity index (χ0) is 16.6. The van der Waals surface area contributed by atoms with E-state index in [1.807, 2.05) is 4.90 Å². The van der Waals surface area contributed by atoms with Gasteiger partial charge in [-0.2, -0.15) is 13.2 Å². The van der Waals surface area contributed by atoms with Gasteiger partial charge in [0.25, 0.3) is 0 Å². The van der Waals surface area contributed by atoms with Gasteiger partial charge >= 0.3 is 6.18 Å². The van der Waals surface area contributed by atoms with E-state index in [0.717, 1.165) is 0 Å². The lowest BCUT2D eigenvalue weighted by molar-refractivity contribution is -0.150. The molecule has 4 nitrogen and oxygen atoms in total. The molecule has 124 valence electrons. The molecule has 1 atom stereocenters. The second-order valence-corrected chi connectivity index (χ2v) is 5.74. The number of rotatable bonds is 2. The van der Waals surface area contributed by atoms with Crippen molar-refractivity contribution < 1.29 is 17.6 Å². The first-order valence-electron chi connectivity index (χ1n) is 7.29. The Bertz CT molecular complexity index is 703. The van der Waals surface area contributed by atoms with Crippen molar-refractivity contribution in [3.8, 4) is 0 Å². The van der Waals surface area contributed by atoms with Crippen molar-refractivity contribution in [2.75, 3.05) is 31.1 Å². The largest absolute Gasteiger partial charge is 0.401 e. The lowest BCUT2D eigenvalue weighted by Gasteiger charge is -2.40. The van der Waals surface area contributed by atoms with Crippen LogP contribution in [0.4, 0.5) is 23.4 Å². The highest BCUT2D eigenvalue weighted by molar-refractivity contribution is 5.89. The molecule has 0 spiro atoms. The average molecular weight is 328 g/mol. The number of benzene rings is 1. The summed E-state index contributed by atoms with van der Waals surface area (Å²) in [4.78, 5) is 11.6. The minimum Gasteiger partial charge on any atom is -0.353 e. The van der Waals surface area contributed by atoms with Gasteiger partial charge in [0, 0.05) is 31.1 Å². The van der Waals surface area contributed by atoms with Crippen molar-refractivity contribution in [1.29, 1.82) is 0 Å². The Morgan fingerprint density at radius 1 is 1.22 bits per heavy atom. The van der Waals surface area contributed by atoms with Crippen LogP contribution in [0.5, 0.6) is 0 Å². The number of halogens is 4. The molecule has 0 bridgehead atoms. The number of hydrogen-bond acceptors (Lipinski definition) is 4. The van der Waals surface area contributed by atoms with Gasteiger partial charge in [-0.3, -0.25) is 4.90 Å². The van der Waals surface area contributed by atoms with Crippen LogP contribution >= 0.6 is 0 Å². The van der Waals surface area contributed by atoms with Gasteiger partial charge in [-0.1, -0.05) is 0 Å². The van der Waals surface area contributed by atoms with Gasteiger partial charge in [0.2, 0.25) is 0 Å². The third-order valence-corrected chi connectivity index (χ3v) is 4.02. The van der Waals surface area contributed by atoms with Gasteiger partial charge in [0.1, 0.15) is 18.0 Å². The minimum atomic E-state index is -4.21. The Labute approximate surface area is 130 Å². The Morgan fingerprint density at radius 3 is 2.70 bits per heavy atom. The summed E-state index contributed by atoms with van der Waals surface area (Å²) in [7, 11) is 0. The maximum absolute atomic E-state index is 13.5. The minimum absolute atomic E-state index is 0.274. The fourth-order valence-electron chi connectivity index (χ4n) is 2.92. The summed E-state index contributed by atoms with van der Waals surface area (Å²) in [6.07, 6.45) is -2.82. The monoisotopic (exact) mass is 328 g/mol. The van der Waals surface area contributed by atoms with Gasteiger partial charge in [-0.05, 0) is 25.1 Å². The molecule has 0 amide bonds. The zero-order valence-corrected chi connectivity index (χ0v) is 12.5. The number of alkyl halides is 3. The highest BCUT2D eigenvalue weighted by atomic mass is 19.4. The van der Waals surface area contributed by atoms with Crippen LogP contribution in [0.3, 0.4) is 0 Å². The Morgan fingerprint density at radius 2 is 2.00 bits per heavy atom. The smallest absolute Gasteiger partial charge is 0.353 e. The van der Waals surface area contributed by atoms with Crippen LogP contribution < -0.4 is 4.90 Å². The van der Waals surface area contributed by atoms with Crippen molar-refractivity contribution in [2.45, 2.75) is 19.1 Å². The van der Waals surface area contributed by atoms with Crippen molar-refractivity contribution in [2.24, 2.45) is 0 Å². The third kappa shape index (κ3) is 3.52. The number of anilines is 1. The van der Waals surface area contributed by atoms with Crippen molar-refractivity contribution in [3.05, 3.63) is 30.3 Å². The van der Waals surface area contributed by atoms with Crippen molar-refractivity contribution in [3.63, 3.8) is 0 Å². The maximum Gasteiger partial charge on any atom is 0.401 e. The number of nitrogens with zero attached hydrogens (tertiary/aromatic N) is 4. The van der Waals surface area contributed by atoms with Gasteiger partial charge in [0.15, 0.2) is 0 Å². The van der Waals surface area contributed by atoms with E-state index >= 15 is 0 Å². The number of piperazine rings is 1. The molecule has 2 heterocycles. The highest BCUT2D eigenvalue weighted by Gasteiger charge is 2.35. The molecule has 1 aromatic heterocycles. The first-order valence-corrected chi connectivity index (χ1v) is 7.29. The molecule has 1 saturated heterocycles. The standard InChI is InChI=1S/C15H16F4N4/c1-10-7-22(4-5-23(10)8-15(17,18)19)14-12-6-11(16)2-3-13(12)20-9-21-14/h2-3,6,9-10H,4-5,7-8H2,1H3. The molecule has 1 unspecified atom stereocenters. The molecule has 0 saturated carbocycles. The maximum atomic E-state index is 13.5. The molecule has 23 heavy (non-hydrogen) atoms. The lowest BCUT2D eigenvalue weighted by atomic mass is 10.1. The third-order valence-electron chi connectivity index (χ3n) is 4.02. The molecule has 0 N–H and O–H groups in total. The van der Waals surface area contributed by atoms with E-state index in [9.17, 15) is 17.6 Å². The van der Waals surface area contributed by atoms with Gasteiger partial charge < -0.3 is 4.90 Å². The van der Waals surface area contributed by atoms with Crippen molar-refractivity contribution >= 4 is 16.7 Å². The fraction of sp³-hybridized carbons (Fsp3) is 0.467. The molecular formula is C15H16F4N4. The normalized spacial score (nSPS) is 20.2. The van der Waals surface area contributed by atoms with Gasteiger partial charge in [0.05, 0.1) is 12.1 Å².